The van der Waals surface area contributed by atoms with E-state index in [9.17, 15) is 14.4 Å². The maximum absolute atomic E-state index is 12.5. The highest BCUT2D eigenvalue weighted by molar-refractivity contribution is 5.95. The van der Waals surface area contributed by atoms with E-state index in [0.717, 1.165) is 16.9 Å². The van der Waals surface area contributed by atoms with Crippen molar-refractivity contribution in [3.05, 3.63) is 59.2 Å². The van der Waals surface area contributed by atoms with Crippen LogP contribution in [0.4, 0.5) is 0 Å². The fourth-order valence-electron chi connectivity index (χ4n) is 3.60. The van der Waals surface area contributed by atoms with Gasteiger partial charge in [0.05, 0.1) is 0 Å². The first-order valence-corrected chi connectivity index (χ1v) is 10.4. The molecule has 0 unspecified atom stereocenters. The summed E-state index contributed by atoms with van der Waals surface area (Å²) in [5, 5.41) is 3.00. The molecule has 164 valence electrons. The second kappa shape index (κ2) is 10.1. The lowest BCUT2D eigenvalue weighted by atomic mass is 10.0. The highest BCUT2D eigenvalue weighted by Gasteiger charge is 2.24. The number of hydrogen-bond acceptors (Lipinski definition) is 5. The summed E-state index contributed by atoms with van der Waals surface area (Å²) in [5.41, 5.74) is 2.59. The molecular formula is C24H28N2O5. The third kappa shape index (κ3) is 6.31. The first kappa shape index (κ1) is 22.3. The molecule has 1 heterocycles. The van der Waals surface area contributed by atoms with Gasteiger partial charge in [-0.2, -0.15) is 0 Å². The Morgan fingerprint density at radius 3 is 2.48 bits per heavy atom. The topological polar surface area (TPSA) is 84.9 Å². The molecule has 2 amide bonds. The van der Waals surface area contributed by atoms with Gasteiger partial charge in [-0.25, -0.2) is 0 Å². The van der Waals surface area contributed by atoms with E-state index in [2.05, 4.69) is 5.32 Å². The molecule has 2 aromatic rings. The summed E-state index contributed by atoms with van der Waals surface area (Å²) < 4.78 is 10.7. The number of likely N-dealkylation sites (tertiary alicyclic amines) is 1. The van der Waals surface area contributed by atoms with Crippen molar-refractivity contribution in [2.45, 2.75) is 39.7 Å². The third-order valence-corrected chi connectivity index (χ3v) is 5.22. The normalized spacial score (nSPS) is 14.1. The van der Waals surface area contributed by atoms with Gasteiger partial charge in [0.15, 0.2) is 6.61 Å². The number of amides is 2. The molecule has 1 aliphatic rings. The minimum absolute atomic E-state index is 0.00384. The predicted octanol–water partition coefficient (Wildman–Crippen LogP) is 3.03. The van der Waals surface area contributed by atoms with Crippen molar-refractivity contribution in [2.24, 2.45) is 0 Å². The summed E-state index contributed by atoms with van der Waals surface area (Å²) in [6.07, 6.45) is 1.34. The molecule has 0 aromatic heterocycles. The second-order valence-corrected chi connectivity index (χ2v) is 7.81. The molecule has 7 nitrogen and oxygen atoms in total. The van der Waals surface area contributed by atoms with E-state index >= 15 is 0 Å². The summed E-state index contributed by atoms with van der Waals surface area (Å²) >= 11 is 0. The van der Waals surface area contributed by atoms with Crippen LogP contribution in [0.3, 0.4) is 0 Å². The number of piperidine rings is 1. The zero-order valence-electron chi connectivity index (χ0n) is 18.1. The lowest BCUT2D eigenvalue weighted by molar-refractivity contribution is -0.134. The average molecular weight is 424 g/mol. The minimum Gasteiger partial charge on any atom is -0.484 e. The summed E-state index contributed by atoms with van der Waals surface area (Å²) in [7, 11) is 0. The molecule has 0 spiro atoms. The molecule has 0 aliphatic carbocycles. The minimum atomic E-state index is -0.434. The standard InChI is InChI=1S/C24H28N2O5/c1-16-7-8-22(17(2)13-16)30-15-23(28)26-11-9-20(10-12-26)25-24(29)19-5-4-6-21(14-19)31-18(3)27/h4-8,13-14,20H,9-12,15H2,1-3H3,(H,25,29). The van der Waals surface area contributed by atoms with E-state index < -0.39 is 5.97 Å². The maximum atomic E-state index is 12.5. The molecule has 1 N–H and O–H groups in total. The van der Waals surface area contributed by atoms with Gasteiger partial charge in [0.25, 0.3) is 11.8 Å². The van der Waals surface area contributed by atoms with Crippen molar-refractivity contribution in [1.82, 2.24) is 10.2 Å². The maximum Gasteiger partial charge on any atom is 0.308 e. The number of rotatable bonds is 6. The van der Waals surface area contributed by atoms with Gasteiger partial charge in [-0.15, -0.1) is 0 Å². The second-order valence-electron chi connectivity index (χ2n) is 7.81. The number of benzene rings is 2. The van der Waals surface area contributed by atoms with Crippen LogP contribution in [0.15, 0.2) is 42.5 Å². The SMILES string of the molecule is CC(=O)Oc1cccc(C(=O)NC2CCN(C(=O)COc3ccc(C)cc3C)CC2)c1. The molecule has 3 rings (SSSR count). The Morgan fingerprint density at radius 2 is 1.81 bits per heavy atom. The van der Waals surface area contributed by atoms with Gasteiger partial charge in [0.1, 0.15) is 11.5 Å². The third-order valence-electron chi connectivity index (χ3n) is 5.22. The number of carbonyl (C=O) groups excluding carboxylic acids is 3. The summed E-state index contributed by atoms with van der Waals surface area (Å²) in [5.74, 6) is 0.341. The highest BCUT2D eigenvalue weighted by Crippen LogP contribution is 2.19. The van der Waals surface area contributed by atoms with Crippen molar-refractivity contribution >= 4 is 17.8 Å². The van der Waals surface area contributed by atoms with Gasteiger partial charge >= 0.3 is 5.97 Å². The molecule has 31 heavy (non-hydrogen) atoms. The Bertz CT molecular complexity index is 964. The zero-order valence-corrected chi connectivity index (χ0v) is 18.1. The summed E-state index contributed by atoms with van der Waals surface area (Å²) in [6.45, 7) is 6.42. The van der Waals surface area contributed by atoms with E-state index in [1.54, 1.807) is 29.2 Å². The first-order chi connectivity index (χ1) is 14.8. The quantitative estimate of drug-likeness (QED) is 0.569. The molecule has 0 saturated carbocycles. The van der Waals surface area contributed by atoms with Gasteiger partial charge in [-0.3, -0.25) is 14.4 Å². The van der Waals surface area contributed by atoms with Gasteiger partial charge in [-0.1, -0.05) is 23.8 Å². The Kier molecular flexibility index (Phi) is 7.28. The molecule has 0 bridgehead atoms. The lowest BCUT2D eigenvalue weighted by Gasteiger charge is -2.32. The molecule has 2 aromatic carbocycles. The van der Waals surface area contributed by atoms with Gasteiger partial charge in [-0.05, 0) is 56.5 Å². The van der Waals surface area contributed by atoms with Crippen molar-refractivity contribution < 1.29 is 23.9 Å². The van der Waals surface area contributed by atoms with Crippen LogP contribution in [0.25, 0.3) is 0 Å². The van der Waals surface area contributed by atoms with Crippen LogP contribution in [0.1, 0.15) is 41.3 Å². The van der Waals surface area contributed by atoms with Crippen molar-refractivity contribution in [2.75, 3.05) is 19.7 Å². The Balaban J connectivity index is 1.46. The van der Waals surface area contributed by atoms with Crippen LogP contribution in [-0.4, -0.2) is 48.4 Å². The van der Waals surface area contributed by atoms with E-state index in [1.165, 1.54) is 6.92 Å². The molecule has 1 fully saturated rings. The largest absolute Gasteiger partial charge is 0.484 e. The predicted molar refractivity (Wildman–Crippen MR) is 116 cm³/mol. The van der Waals surface area contributed by atoms with Crippen LogP contribution in [0.5, 0.6) is 11.5 Å². The van der Waals surface area contributed by atoms with Crippen molar-refractivity contribution in [1.29, 1.82) is 0 Å². The number of nitrogens with one attached hydrogen (secondary N) is 1. The average Bonchev–Trinajstić information content (AvgIpc) is 2.73. The summed E-state index contributed by atoms with van der Waals surface area (Å²) in [4.78, 5) is 37.9. The molecule has 1 saturated heterocycles. The number of nitrogens with zero attached hydrogens (tertiary/aromatic N) is 1. The van der Waals surface area contributed by atoms with E-state index in [1.807, 2.05) is 32.0 Å². The van der Waals surface area contributed by atoms with Crippen molar-refractivity contribution in [3.63, 3.8) is 0 Å². The molecule has 7 heteroatoms. The van der Waals surface area contributed by atoms with Gasteiger partial charge < -0.3 is 19.7 Å². The zero-order chi connectivity index (χ0) is 22.4. The van der Waals surface area contributed by atoms with Crippen molar-refractivity contribution in [3.8, 4) is 11.5 Å². The monoisotopic (exact) mass is 424 g/mol. The van der Waals surface area contributed by atoms with E-state index in [4.69, 9.17) is 9.47 Å². The van der Waals surface area contributed by atoms with Crippen LogP contribution >= 0.6 is 0 Å². The molecular weight excluding hydrogens is 396 g/mol. The smallest absolute Gasteiger partial charge is 0.308 e. The fraction of sp³-hybridized carbons (Fsp3) is 0.375. The van der Waals surface area contributed by atoms with E-state index in [-0.39, 0.29) is 24.5 Å². The Morgan fingerprint density at radius 1 is 1.06 bits per heavy atom. The fourth-order valence-corrected chi connectivity index (χ4v) is 3.60. The number of carbonyl (C=O) groups is 3. The molecule has 1 aliphatic heterocycles. The molecule has 0 atom stereocenters. The first-order valence-electron chi connectivity index (χ1n) is 10.4. The Hall–Kier alpha value is -3.35. The van der Waals surface area contributed by atoms with E-state index in [0.29, 0.717) is 37.2 Å². The van der Waals surface area contributed by atoms with Crippen LogP contribution in [0, 0.1) is 13.8 Å². The van der Waals surface area contributed by atoms with Crippen LogP contribution < -0.4 is 14.8 Å². The highest BCUT2D eigenvalue weighted by atomic mass is 16.5. The molecule has 0 radical (unpaired) electrons. The number of esters is 1. The summed E-state index contributed by atoms with van der Waals surface area (Å²) in [6, 6.07) is 12.4. The van der Waals surface area contributed by atoms with Crippen LogP contribution in [-0.2, 0) is 9.59 Å². The number of aryl methyl sites for hydroxylation is 2. The van der Waals surface area contributed by atoms with Gasteiger partial charge in [0.2, 0.25) is 0 Å². The number of ether oxygens (including phenoxy) is 2. The lowest BCUT2D eigenvalue weighted by Crippen LogP contribution is -2.47. The number of hydrogen-bond donors (Lipinski definition) is 1. The van der Waals surface area contributed by atoms with Gasteiger partial charge in [0, 0.05) is 31.6 Å². The Labute approximate surface area is 182 Å². The van der Waals surface area contributed by atoms with Crippen LogP contribution in [0.2, 0.25) is 0 Å².